The second-order valence-electron chi connectivity index (χ2n) is 6.66. The fourth-order valence-electron chi connectivity index (χ4n) is 3.62. The molecule has 1 aliphatic heterocycles. The zero-order valence-corrected chi connectivity index (χ0v) is 13.2. The van der Waals surface area contributed by atoms with E-state index in [1.165, 1.54) is 31.2 Å². The fraction of sp³-hybridized carbons (Fsp3) is 0.667. The van der Waals surface area contributed by atoms with Crippen molar-refractivity contribution in [1.82, 2.24) is 10.2 Å². The van der Waals surface area contributed by atoms with Crippen molar-refractivity contribution in [2.45, 2.75) is 45.2 Å². The van der Waals surface area contributed by atoms with Crippen molar-refractivity contribution in [2.24, 2.45) is 5.92 Å². The molecule has 2 unspecified atom stereocenters. The summed E-state index contributed by atoms with van der Waals surface area (Å²) in [4.78, 5) is 2.51. The molecule has 2 atom stereocenters. The van der Waals surface area contributed by atoms with Crippen LogP contribution in [0, 0.1) is 5.92 Å². The molecule has 1 aliphatic carbocycles. The lowest BCUT2D eigenvalue weighted by Gasteiger charge is -2.28. The van der Waals surface area contributed by atoms with Gasteiger partial charge in [0.15, 0.2) is 0 Å². The van der Waals surface area contributed by atoms with Crippen molar-refractivity contribution in [3.63, 3.8) is 0 Å². The minimum absolute atomic E-state index is 0.740. The second-order valence-corrected chi connectivity index (χ2v) is 6.66. The Morgan fingerprint density at radius 3 is 3.10 bits per heavy atom. The maximum Gasteiger partial charge on any atom is 0.123 e. The number of hydrogen-bond donors (Lipinski definition) is 1. The van der Waals surface area contributed by atoms with E-state index in [1.54, 1.807) is 0 Å². The molecule has 1 heterocycles. The average Bonchev–Trinajstić information content (AvgIpc) is 2.69. The van der Waals surface area contributed by atoms with Gasteiger partial charge < -0.3 is 10.1 Å². The lowest BCUT2D eigenvalue weighted by atomic mass is 9.87. The van der Waals surface area contributed by atoms with Gasteiger partial charge >= 0.3 is 0 Å². The van der Waals surface area contributed by atoms with Gasteiger partial charge in [-0.3, -0.25) is 4.90 Å². The van der Waals surface area contributed by atoms with E-state index < -0.39 is 0 Å². The number of para-hydroxylation sites is 1. The maximum absolute atomic E-state index is 5.83. The predicted octanol–water partition coefficient (Wildman–Crippen LogP) is 3.05. The van der Waals surface area contributed by atoms with Crippen LogP contribution in [-0.2, 0) is 6.54 Å². The van der Waals surface area contributed by atoms with Gasteiger partial charge in [0, 0.05) is 37.8 Å². The normalized spacial score (nSPS) is 26.7. The predicted molar refractivity (Wildman–Crippen MR) is 86.6 cm³/mol. The molecule has 21 heavy (non-hydrogen) atoms. The fourth-order valence-corrected chi connectivity index (χ4v) is 3.62. The Hall–Kier alpha value is -1.06. The Bertz CT molecular complexity index is 449. The van der Waals surface area contributed by atoms with Crippen molar-refractivity contribution in [3.05, 3.63) is 29.8 Å². The highest BCUT2D eigenvalue weighted by atomic mass is 16.5. The molecular weight excluding hydrogens is 260 g/mol. The second kappa shape index (κ2) is 7.28. The minimum Gasteiger partial charge on any atom is -0.492 e. The molecular formula is C18H28N2O. The SMILES string of the molecule is CC1CCCC(NCCN2CCOc3ccccc3C2)C1. The highest BCUT2D eigenvalue weighted by Gasteiger charge is 2.19. The van der Waals surface area contributed by atoms with Gasteiger partial charge in [-0.25, -0.2) is 0 Å². The van der Waals surface area contributed by atoms with Crippen LogP contribution in [0.3, 0.4) is 0 Å². The summed E-state index contributed by atoms with van der Waals surface area (Å²) >= 11 is 0. The summed E-state index contributed by atoms with van der Waals surface area (Å²) in [6.45, 7) is 7.44. The van der Waals surface area contributed by atoms with Crippen molar-refractivity contribution in [2.75, 3.05) is 26.2 Å². The Morgan fingerprint density at radius 2 is 2.19 bits per heavy atom. The molecule has 1 saturated carbocycles. The third-order valence-corrected chi connectivity index (χ3v) is 4.83. The third kappa shape index (κ3) is 4.21. The third-order valence-electron chi connectivity index (χ3n) is 4.83. The van der Waals surface area contributed by atoms with Crippen molar-refractivity contribution < 1.29 is 4.74 Å². The van der Waals surface area contributed by atoms with E-state index in [0.29, 0.717) is 0 Å². The first-order valence-electron chi connectivity index (χ1n) is 8.47. The molecule has 3 heteroatoms. The monoisotopic (exact) mass is 288 g/mol. The van der Waals surface area contributed by atoms with Crippen LogP contribution in [-0.4, -0.2) is 37.2 Å². The zero-order valence-electron chi connectivity index (χ0n) is 13.2. The smallest absolute Gasteiger partial charge is 0.123 e. The van der Waals surface area contributed by atoms with Crippen molar-refractivity contribution in [1.29, 1.82) is 0 Å². The van der Waals surface area contributed by atoms with Crippen LogP contribution in [0.4, 0.5) is 0 Å². The molecule has 1 fully saturated rings. The highest BCUT2D eigenvalue weighted by Crippen LogP contribution is 2.24. The molecule has 0 bridgehead atoms. The maximum atomic E-state index is 5.83. The molecule has 0 amide bonds. The van der Waals surface area contributed by atoms with Gasteiger partial charge in [0.25, 0.3) is 0 Å². The van der Waals surface area contributed by atoms with Gasteiger partial charge in [-0.15, -0.1) is 0 Å². The summed E-state index contributed by atoms with van der Waals surface area (Å²) in [6.07, 6.45) is 5.52. The Labute approximate surface area is 128 Å². The zero-order chi connectivity index (χ0) is 14.5. The minimum atomic E-state index is 0.740. The van der Waals surface area contributed by atoms with Crippen LogP contribution in [0.2, 0.25) is 0 Å². The van der Waals surface area contributed by atoms with Crippen LogP contribution in [0.5, 0.6) is 5.75 Å². The van der Waals surface area contributed by atoms with E-state index in [2.05, 4.69) is 41.4 Å². The molecule has 2 aliphatic rings. The van der Waals surface area contributed by atoms with Gasteiger partial charge in [0.1, 0.15) is 12.4 Å². The van der Waals surface area contributed by atoms with E-state index in [1.807, 2.05) is 0 Å². The van der Waals surface area contributed by atoms with E-state index in [9.17, 15) is 0 Å². The molecule has 3 nitrogen and oxygen atoms in total. The first-order valence-corrected chi connectivity index (χ1v) is 8.47. The molecule has 1 N–H and O–H groups in total. The van der Waals surface area contributed by atoms with E-state index in [4.69, 9.17) is 4.74 Å². The van der Waals surface area contributed by atoms with Crippen LogP contribution < -0.4 is 10.1 Å². The lowest BCUT2D eigenvalue weighted by Crippen LogP contribution is -2.39. The Balaban J connectivity index is 1.45. The first kappa shape index (κ1) is 14.9. The lowest BCUT2D eigenvalue weighted by molar-refractivity contribution is 0.218. The molecule has 1 aromatic carbocycles. The van der Waals surface area contributed by atoms with E-state index in [0.717, 1.165) is 50.5 Å². The van der Waals surface area contributed by atoms with E-state index in [-0.39, 0.29) is 0 Å². The number of hydrogen-bond acceptors (Lipinski definition) is 3. The molecule has 0 spiro atoms. The van der Waals surface area contributed by atoms with Crippen molar-refractivity contribution >= 4 is 0 Å². The molecule has 3 rings (SSSR count). The topological polar surface area (TPSA) is 24.5 Å². The largest absolute Gasteiger partial charge is 0.492 e. The standard InChI is InChI=1S/C18H28N2O/c1-15-5-4-7-17(13-15)19-9-10-20-11-12-21-18-8-3-2-6-16(18)14-20/h2-3,6,8,15,17,19H,4-5,7,9-14H2,1H3. The number of nitrogens with zero attached hydrogens (tertiary/aromatic N) is 1. The van der Waals surface area contributed by atoms with Crippen LogP contribution >= 0.6 is 0 Å². The molecule has 1 aromatic rings. The number of ether oxygens (including phenoxy) is 1. The highest BCUT2D eigenvalue weighted by molar-refractivity contribution is 5.33. The van der Waals surface area contributed by atoms with Gasteiger partial charge in [0.2, 0.25) is 0 Å². The Morgan fingerprint density at radius 1 is 1.29 bits per heavy atom. The summed E-state index contributed by atoms with van der Waals surface area (Å²) in [6, 6.07) is 9.17. The summed E-state index contributed by atoms with van der Waals surface area (Å²) in [5.74, 6) is 1.96. The molecule has 0 aromatic heterocycles. The number of fused-ring (bicyclic) bond motifs is 1. The average molecular weight is 288 g/mol. The van der Waals surface area contributed by atoms with Crippen LogP contribution in [0.15, 0.2) is 24.3 Å². The number of benzene rings is 1. The number of rotatable bonds is 4. The van der Waals surface area contributed by atoms with E-state index >= 15 is 0 Å². The Kier molecular flexibility index (Phi) is 5.15. The van der Waals surface area contributed by atoms with Gasteiger partial charge in [-0.2, -0.15) is 0 Å². The quantitative estimate of drug-likeness (QED) is 0.921. The van der Waals surface area contributed by atoms with Gasteiger partial charge in [-0.1, -0.05) is 38.0 Å². The van der Waals surface area contributed by atoms with Crippen LogP contribution in [0.1, 0.15) is 38.2 Å². The molecule has 0 radical (unpaired) electrons. The molecule has 116 valence electrons. The first-order chi connectivity index (χ1) is 10.3. The number of nitrogens with one attached hydrogen (secondary N) is 1. The summed E-state index contributed by atoms with van der Waals surface area (Å²) in [7, 11) is 0. The summed E-state index contributed by atoms with van der Waals surface area (Å²) in [5, 5.41) is 3.76. The molecule has 0 saturated heterocycles. The van der Waals surface area contributed by atoms with Crippen molar-refractivity contribution in [3.8, 4) is 5.75 Å². The summed E-state index contributed by atoms with van der Waals surface area (Å²) in [5.41, 5.74) is 1.32. The summed E-state index contributed by atoms with van der Waals surface area (Å²) < 4.78 is 5.83. The van der Waals surface area contributed by atoms with Crippen LogP contribution in [0.25, 0.3) is 0 Å². The van der Waals surface area contributed by atoms with Gasteiger partial charge in [0.05, 0.1) is 0 Å². The van der Waals surface area contributed by atoms with Gasteiger partial charge in [-0.05, 0) is 24.8 Å².